The summed E-state index contributed by atoms with van der Waals surface area (Å²) in [6.45, 7) is 0. The summed E-state index contributed by atoms with van der Waals surface area (Å²) in [5.74, 6) is -0.955. The number of aliphatic carboxylic acids is 1. The first-order chi connectivity index (χ1) is 6.27. The van der Waals surface area contributed by atoms with E-state index in [-0.39, 0.29) is 5.57 Å². The second-order valence-electron chi connectivity index (χ2n) is 2.63. The summed E-state index contributed by atoms with van der Waals surface area (Å²) < 4.78 is 0. The quantitative estimate of drug-likeness (QED) is 0.649. The number of hydrogen-bond donors (Lipinski definition) is 1. The number of carboxylic acids is 1. The predicted octanol–water partition coefficient (Wildman–Crippen LogP) is 1.27. The van der Waals surface area contributed by atoms with Gasteiger partial charge in [0.1, 0.15) is 5.57 Å². The number of pyridine rings is 1. The van der Waals surface area contributed by atoms with Crippen LogP contribution in [0.2, 0.25) is 0 Å². The Morgan fingerprint density at radius 3 is 3.15 bits per heavy atom. The molecule has 0 aliphatic heterocycles. The number of carbonyl (C=O) groups is 1. The molecular formula is C10H6NO2+. The summed E-state index contributed by atoms with van der Waals surface area (Å²) in [4.78, 5) is 14.6. The van der Waals surface area contributed by atoms with Crippen LogP contribution in [0.3, 0.4) is 0 Å². The lowest BCUT2D eigenvalue weighted by molar-refractivity contribution is -0.132. The number of carboxylic acid groups (broad SMARTS) is 1. The SMILES string of the molecule is O=C(O)C1=Cc2ncccc2[C+]=C1. The normalized spacial score (nSPS) is 12.8. The lowest BCUT2D eigenvalue weighted by atomic mass is 10.0. The molecule has 0 unspecified atom stereocenters. The van der Waals surface area contributed by atoms with E-state index in [2.05, 4.69) is 11.1 Å². The van der Waals surface area contributed by atoms with Crippen LogP contribution in [-0.4, -0.2) is 16.1 Å². The van der Waals surface area contributed by atoms with E-state index in [1.54, 1.807) is 12.3 Å². The van der Waals surface area contributed by atoms with E-state index >= 15 is 0 Å². The number of aromatic nitrogens is 1. The summed E-state index contributed by atoms with van der Waals surface area (Å²) >= 11 is 0. The first-order valence-electron chi connectivity index (χ1n) is 3.77. The van der Waals surface area contributed by atoms with Crippen LogP contribution >= 0.6 is 0 Å². The Morgan fingerprint density at radius 1 is 1.54 bits per heavy atom. The van der Waals surface area contributed by atoms with Gasteiger partial charge < -0.3 is 5.11 Å². The van der Waals surface area contributed by atoms with Gasteiger partial charge in [-0.25, -0.2) is 9.78 Å². The van der Waals surface area contributed by atoms with Crippen molar-refractivity contribution in [3.8, 4) is 0 Å². The van der Waals surface area contributed by atoms with Crippen LogP contribution in [0.1, 0.15) is 11.3 Å². The summed E-state index contributed by atoms with van der Waals surface area (Å²) in [5.41, 5.74) is 1.70. The van der Waals surface area contributed by atoms with Crippen molar-refractivity contribution in [3.63, 3.8) is 0 Å². The van der Waals surface area contributed by atoms with Crippen LogP contribution in [0, 0.1) is 6.08 Å². The van der Waals surface area contributed by atoms with Gasteiger partial charge in [-0.3, -0.25) is 0 Å². The second kappa shape index (κ2) is 2.81. The molecule has 0 atom stereocenters. The zero-order valence-electron chi connectivity index (χ0n) is 6.69. The summed E-state index contributed by atoms with van der Waals surface area (Å²) in [6, 6.07) is 3.63. The zero-order valence-corrected chi connectivity index (χ0v) is 6.69. The van der Waals surface area contributed by atoms with Crippen LogP contribution < -0.4 is 0 Å². The minimum absolute atomic E-state index is 0.214. The predicted molar refractivity (Wildman–Crippen MR) is 46.8 cm³/mol. The van der Waals surface area contributed by atoms with Crippen molar-refractivity contribution in [2.24, 2.45) is 0 Å². The fourth-order valence-corrected chi connectivity index (χ4v) is 1.12. The van der Waals surface area contributed by atoms with Crippen molar-refractivity contribution in [2.75, 3.05) is 0 Å². The molecule has 0 amide bonds. The summed E-state index contributed by atoms with van der Waals surface area (Å²) in [6.07, 6.45) is 7.47. The molecule has 1 N–H and O–H groups in total. The van der Waals surface area contributed by atoms with E-state index < -0.39 is 5.97 Å². The van der Waals surface area contributed by atoms with Crippen LogP contribution in [0.4, 0.5) is 0 Å². The smallest absolute Gasteiger partial charge is 0.379 e. The third kappa shape index (κ3) is 1.33. The highest BCUT2D eigenvalue weighted by atomic mass is 16.4. The van der Waals surface area contributed by atoms with Crippen molar-refractivity contribution in [3.05, 3.63) is 47.3 Å². The minimum atomic E-state index is -0.955. The van der Waals surface area contributed by atoms with Gasteiger partial charge in [-0.1, -0.05) is 0 Å². The average Bonchev–Trinajstić information content (AvgIpc) is 2.17. The topological polar surface area (TPSA) is 50.2 Å². The average molecular weight is 172 g/mol. The Hall–Kier alpha value is -1.99. The van der Waals surface area contributed by atoms with E-state index in [1.165, 1.54) is 12.2 Å². The molecule has 0 fully saturated rings. The molecule has 1 aliphatic carbocycles. The van der Waals surface area contributed by atoms with Crippen molar-refractivity contribution < 1.29 is 9.90 Å². The van der Waals surface area contributed by atoms with Crippen LogP contribution in [-0.2, 0) is 4.79 Å². The molecule has 3 nitrogen and oxygen atoms in total. The first kappa shape index (κ1) is 7.65. The Bertz CT molecular complexity index is 419. The maximum atomic E-state index is 10.6. The largest absolute Gasteiger partial charge is 0.470 e. The molecule has 0 saturated heterocycles. The molecule has 0 bridgehead atoms. The maximum absolute atomic E-state index is 10.6. The van der Waals surface area contributed by atoms with Crippen molar-refractivity contribution in [1.29, 1.82) is 0 Å². The molecule has 0 radical (unpaired) electrons. The molecule has 1 aromatic rings. The van der Waals surface area contributed by atoms with Crippen LogP contribution in [0.25, 0.3) is 6.08 Å². The molecule has 0 saturated carbocycles. The van der Waals surface area contributed by atoms with E-state index in [1.807, 2.05) is 6.07 Å². The maximum Gasteiger partial charge on any atom is 0.379 e. The van der Waals surface area contributed by atoms with Gasteiger partial charge in [-0.2, -0.15) is 0 Å². The highest BCUT2D eigenvalue weighted by molar-refractivity contribution is 5.96. The Labute approximate surface area is 75.0 Å². The minimum Gasteiger partial charge on any atom is -0.470 e. The van der Waals surface area contributed by atoms with Crippen LogP contribution in [0.15, 0.2) is 30.0 Å². The van der Waals surface area contributed by atoms with Crippen molar-refractivity contribution in [2.45, 2.75) is 0 Å². The monoisotopic (exact) mass is 172 g/mol. The molecule has 0 spiro atoms. The van der Waals surface area contributed by atoms with Gasteiger partial charge in [0, 0.05) is 24.4 Å². The lowest BCUT2D eigenvalue weighted by Gasteiger charge is -1.96. The fourth-order valence-electron chi connectivity index (χ4n) is 1.12. The first-order valence-corrected chi connectivity index (χ1v) is 3.77. The molecule has 1 heterocycles. The Morgan fingerprint density at radius 2 is 2.38 bits per heavy atom. The molecule has 0 aromatic carbocycles. The van der Waals surface area contributed by atoms with E-state index in [0.29, 0.717) is 5.69 Å². The lowest BCUT2D eigenvalue weighted by Crippen LogP contribution is -2.02. The highest BCUT2D eigenvalue weighted by Crippen LogP contribution is 2.16. The van der Waals surface area contributed by atoms with Crippen LogP contribution in [0.5, 0.6) is 0 Å². The summed E-state index contributed by atoms with van der Waals surface area (Å²) in [7, 11) is 0. The third-order valence-corrected chi connectivity index (χ3v) is 1.76. The van der Waals surface area contributed by atoms with Gasteiger partial charge in [0.05, 0.1) is 12.2 Å². The second-order valence-corrected chi connectivity index (χ2v) is 2.63. The van der Waals surface area contributed by atoms with Crippen molar-refractivity contribution >= 4 is 12.0 Å². The van der Waals surface area contributed by atoms with Gasteiger partial charge in [0.25, 0.3) is 0 Å². The molecule has 13 heavy (non-hydrogen) atoms. The molecule has 62 valence electrons. The van der Waals surface area contributed by atoms with Gasteiger partial charge in [-0.15, -0.1) is 0 Å². The zero-order chi connectivity index (χ0) is 9.26. The molecular weight excluding hydrogens is 166 g/mol. The van der Waals surface area contributed by atoms with Gasteiger partial charge in [0.15, 0.2) is 11.3 Å². The number of hydrogen-bond acceptors (Lipinski definition) is 2. The summed E-state index contributed by atoms with van der Waals surface area (Å²) in [5, 5.41) is 8.70. The standard InChI is InChI=1S/C10H5NO2/c12-10(13)8-4-3-7-2-1-5-11-9(7)6-8/h1-2,4-6H/p+1. The third-order valence-electron chi connectivity index (χ3n) is 1.76. The molecule has 1 aliphatic rings. The molecule has 2 rings (SSSR count). The highest BCUT2D eigenvalue weighted by Gasteiger charge is 2.18. The Kier molecular flexibility index (Phi) is 1.65. The number of nitrogens with zero attached hydrogens (tertiary/aromatic N) is 1. The number of fused-ring (bicyclic) bond motifs is 1. The van der Waals surface area contributed by atoms with E-state index in [4.69, 9.17) is 5.11 Å². The van der Waals surface area contributed by atoms with E-state index in [0.717, 1.165) is 5.56 Å². The van der Waals surface area contributed by atoms with Gasteiger partial charge in [0.2, 0.25) is 0 Å². The molecule has 3 heteroatoms. The van der Waals surface area contributed by atoms with Gasteiger partial charge >= 0.3 is 5.97 Å². The Balaban J connectivity index is 2.52. The number of rotatable bonds is 1. The van der Waals surface area contributed by atoms with Crippen molar-refractivity contribution in [1.82, 2.24) is 4.98 Å². The molecule has 1 aromatic heterocycles. The fraction of sp³-hybridized carbons (Fsp3) is 0. The van der Waals surface area contributed by atoms with E-state index in [9.17, 15) is 4.79 Å². The van der Waals surface area contributed by atoms with Gasteiger partial charge in [-0.05, 0) is 0 Å².